The molecule has 4 nitrogen and oxygen atoms in total. The third-order valence-electron chi connectivity index (χ3n) is 4.72. The largest absolute Gasteiger partial charge is 0.491 e. The molecule has 0 fully saturated rings. The van der Waals surface area contributed by atoms with E-state index in [2.05, 4.69) is 35.4 Å². The van der Waals surface area contributed by atoms with Gasteiger partial charge >= 0.3 is 0 Å². The Hall–Kier alpha value is -2.43. The molecule has 2 atom stereocenters. The van der Waals surface area contributed by atoms with Crippen LogP contribution in [0.3, 0.4) is 0 Å². The molecule has 2 N–H and O–H groups in total. The molecule has 0 saturated heterocycles. The number of nitrogens with one attached hydrogen (secondary N) is 1. The molecule has 0 bridgehead atoms. The molecule has 3 rings (SSSR count). The molecule has 0 aliphatic carbocycles. The second-order valence-electron chi connectivity index (χ2n) is 7.05. The summed E-state index contributed by atoms with van der Waals surface area (Å²) in [5.74, 6) is 0.803. The summed E-state index contributed by atoms with van der Waals surface area (Å²) in [6, 6.07) is 18.5. The van der Waals surface area contributed by atoms with Gasteiger partial charge in [0.25, 0.3) is 0 Å². The fourth-order valence-corrected chi connectivity index (χ4v) is 3.09. The second kappa shape index (κ2) is 11.4. The average Bonchev–Trinajstić information content (AvgIpc) is 2.71. The molecule has 3 aromatic rings. The van der Waals surface area contributed by atoms with Crippen LogP contribution in [-0.4, -0.2) is 28.8 Å². The van der Waals surface area contributed by atoms with Crippen molar-refractivity contribution in [2.75, 3.05) is 6.61 Å². The fraction of sp³-hybridized carbons (Fsp3) is 0.375. The van der Waals surface area contributed by atoms with Gasteiger partial charge in [-0.2, -0.15) is 0 Å². The molecule has 0 saturated carbocycles. The molecule has 0 amide bonds. The molecule has 0 aliphatic rings. The Morgan fingerprint density at radius 3 is 2.68 bits per heavy atom. The zero-order valence-electron chi connectivity index (χ0n) is 15.8. The summed E-state index contributed by atoms with van der Waals surface area (Å²) in [7, 11) is 0. The van der Waals surface area contributed by atoms with E-state index in [1.807, 2.05) is 48.8 Å². The lowest BCUT2D eigenvalue weighted by Crippen LogP contribution is -2.26. The monoisotopic (exact) mass is 380 g/mol. The molecular formula is C24H32N2O2. The first-order chi connectivity index (χ1) is 13.2. The first-order valence-electron chi connectivity index (χ1n) is 9.62. The van der Waals surface area contributed by atoms with Gasteiger partial charge in [0, 0.05) is 30.4 Å². The fourth-order valence-electron chi connectivity index (χ4n) is 3.09. The Kier molecular flexibility index (Phi) is 8.92. The summed E-state index contributed by atoms with van der Waals surface area (Å²) in [4.78, 5) is 4.15. The number of aromatic nitrogens is 1. The Morgan fingerprint density at radius 2 is 1.86 bits per heavy atom. The number of benzene rings is 2. The summed E-state index contributed by atoms with van der Waals surface area (Å²) in [5.41, 5.74) is 1.27. The number of pyridine rings is 1. The maximum absolute atomic E-state index is 10.1. The molecular weight excluding hydrogens is 348 g/mol. The Labute approximate surface area is 168 Å². The molecule has 1 unspecified atom stereocenters. The average molecular weight is 381 g/mol. The van der Waals surface area contributed by atoms with Crippen molar-refractivity contribution >= 4 is 10.8 Å². The van der Waals surface area contributed by atoms with E-state index in [4.69, 9.17) is 4.74 Å². The van der Waals surface area contributed by atoms with Gasteiger partial charge in [0.15, 0.2) is 0 Å². The Balaban J connectivity index is 0.00000280. The zero-order valence-corrected chi connectivity index (χ0v) is 15.8. The first-order valence-corrected chi connectivity index (χ1v) is 9.62. The molecule has 0 radical (unpaired) electrons. The topological polar surface area (TPSA) is 54.4 Å². The lowest BCUT2D eigenvalue weighted by molar-refractivity contribution is 0.0970. The number of ether oxygens (including phenoxy) is 1. The van der Waals surface area contributed by atoms with Crippen LogP contribution < -0.4 is 10.1 Å². The predicted molar refractivity (Wildman–Crippen MR) is 117 cm³/mol. The van der Waals surface area contributed by atoms with E-state index < -0.39 is 6.10 Å². The quantitative estimate of drug-likeness (QED) is 0.522. The highest BCUT2D eigenvalue weighted by Crippen LogP contribution is 2.15. The standard InChI is InChI=1S/C23H28N2O2.CH4/c1-18(6-5-7-22(26)17-27-23-8-3-2-4-9-23)25-15-19-10-11-21-16-24-13-12-20(21)14-19;/h2-4,8-14,16,18,22,25-26H,5-7,15,17H2,1H3;1H4/t18-,22?;/m1./s1. The molecule has 0 spiro atoms. The number of aliphatic hydroxyl groups excluding tert-OH is 1. The third kappa shape index (κ3) is 6.95. The van der Waals surface area contributed by atoms with Gasteiger partial charge in [0.05, 0.1) is 6.10 Å². The number of hydrogen-bond donors (Lipinski definition) is 2. The van der Waals surface area contributed by atoms with Crippen molar-refractivity contribution in [2.45, 2.75) is 52.3 Å². The van der Waals surface area contributed by atoms with E-state index in [0.29, 0.717) is 12.6 Å². The van der Waals surface area contributed by atoms with Crippen molar-refractivity contribution < 1.29 is 9.84 Å². The minimum Gasteiger partial charge on any atom is -0.491 e. The van der Waals surface area contributed by atoms with E-state index in [-0.39, 0.29) is 7.43 Å². The minimum absolute atomic E-state index is 0. The molecule has 4 heteroatoms. The highest BCUT2D eigenvalue weighted by molar-refractivity contribution is 5.81. The number of nitrogens with zero attached hydrogens (tertiary/aromatic N) is 1. The van der Waals surface area contributed by atoms with Crippen LogP contribution in [0.1, 0.15) is 39.2 Å². The Bertz CT molecular complexity index is 823. The highest BCUT2D eigenvalue weighted by atomic mass is 16.5. The van der Waals surface area contributed by atoms with Crippen molar-refractivity contribution in [1.29, 1.82) is 0 Å². The van der Waals surface area contributed by atoms with Crippen LogP contribution in [0, 0.1) is 0 Å². The van der Waals surface area contributed by atoms with E-state index in [9.17, 15) is 5.11 Å². The van der Waals surface area contributed by atoms with Crippen LogP contribution in [0.15, 0.2) is 67.0 Å². The van der Waals surface area contributed by atoms with E-state index in [1.54, 1.807) is 0 Å². The number of para-hydroxylation sites is 1. The van der Waals surface area contributed by atoms with Gasteiger partial charge in [0.1, 0.15) is 12.4 Å². The number of fused-ring (bicyclic) bond motifs is 1. The number of aliphatic hydroxyl groups is 1. The van der Waals surface area contributed by atoms with Crippen molar-refractivity contribution in [2.24, 2.45) is 0 Å². The van der Waals surface area contributed by atoms with Gasteiger partial charge in [-0.25, -0.2) is 0 Å². The van der Waals surface area contributed by atoms with Gasteiger partial charge in [-0.05, 0) is 61.4 Å². The summed E-state index contributed by atoms with van der Waals surface area (Å²) >= 11 is 0. The van der Waals surface area contributed by atoms with Crippen LogP contribution in [0.2, 0.25) is 0 Å². The zero-order chi connectivity index (χ0) is 18.9. The molecule has 28 heavy (non-hydrogen) atoms. The maximum Gasteiger partial charge on any atom is 0.119 e. The summed E-state index contributed by atoms with van der Waals surface area (Å²) < 4.78 is 5.60. The summed E-state index contributed by atoms with van der Waals surface area (Å²) in [6.45, 7) is 3.38. The van der Waals surface area contributed by atoms with E-state index in [0.717, 1.165) is 31.6 Å². The molecule has 0 aliphatic heterocycles. The van der Waals surface area contributed by atoms with Crippen molar-refractivity contribution in [3.8, 4) is 5.75 Å². The van der Waals surface area contributed by atoms with Gasteiger partial charge < -0.3 is 15.2 Å². The van der Waals surface area contributed by atoms with Gasteiger partial charge in [-0.15, -0.1) is 0 Å². The molecule has 150 valence electrons. The SMILES string of the molecule is C.C[C@H](CCCC(O)COc1ccccc1)NCc1ccc2cnccc2c1. The van der Waals surface area contributed by atoms with Crippen molar-refractivity contribution in [3.63, 3.8) is 0 Å². The van der Waals surface area contributed by atoms with Gasteiger partial charge in [-0.3, -0.25) is 4.98 Å². The second-order valence-corrected chi connectivity index (χ2v) is 7.05. The van der Waals surface area contributed by atoms with Crippen LogP contribution in [0.5, 0.6) is 5.75 Å². The number of rotatable bonds is 10. The third-order valence-corrected chi connectivity index (χ3v) is 4.72. The van der Waals surface area contributed by atoms with E-state index in [1.165, 1.54) is 16.3 Å². The van der Waals surface area contributed by atoms with Gasteiger partial charge in [-0.1, -0.05) is 37.8 Å². The predicted octanol–water partition coefficient (Wildman–Crippen LogP) is 4.96. The lowest BCUT2D eigenvalue weighted by Gasteiger charge is -2.16. The van der Waals surface area contributed by atoms with E-state index >= 15 is 0 Å². The number of hydrogen-bond acceptors (Lipinski definition) is 4. The Morgan fingerprint density at radius 1 is 1.04 bits per heavy atom. The van der Waals surface area contributed by atoms with Crippen molar-refractivity contribution in [1.82, 2.24) is 10.3 Å². The lowest BCUT2D eigenvalue weighted by atomic mass is 10.1. The molecule has 2 aromatic carbocycles. The highest BCUT2D eigenvalue weighted by Gasteiger charge is 2.08. The van der Waals surface area contributed by atoms with Crippen LogP contribution in [0.25, 0.3) is 10.8 Å². The van der Waals surface area contributed by atoms with Crippen LogP contribution in [-0.2, 0) is 6.54 Å². The smallest absolute Gasteiger partial charge is 0.119 e. The summed E-state index contributed by atoms with van der Waals surface area (Å²) in [5, 5.41) is 16.0. The van der Waals surface area contributed by atoms with Crippen molar-refractivity contribution in [3.05, 3.63) is 72.6 Å². The van der Waals surface area contributed by atoms with Crippen LogP contribution >= 0.6 is 0 Å². The summed E-state index contributed by atoms with van der Waals surface area (Å²) in [6.07, 6.45) is 6.04. The molecule has 1 heterocycles. The molecule has 1 aromatic heterocycles. The first kappa shape index (κ1) is 21.9. The normalized spacial score (nSPS) is 12.9. The van der Waals surface area contributed by atoms with Gasteiger partial charge in [0.2, 0.25) is 0 Å². The van der Waals surface area contributed by atoms with Crippen LogP contribution in [0.4, 0.5) is 0 Å². The minimum atomic E-state index is -0.425. The maximum atomic E-state index is 10.1.